The van der Waals surface area contributed by atoms with Gasteiger partial charge < -0.3 is 5.32 Å². The van der Waals surface area contributed by atoms with Crippen LogP contribution in [0.5, 0.6) is 0 Å². The molecule has 5 nitrogen and oxygen atoms in total. The van der Waals surface area contributed by atoms with Gasteiger partial charge in [0.15, 0.2) is 0 Å². The first-order valence-electron chi connectivity index (χ1n) is 8.18. The lowest BCUT2D eigenvalue weighted by Gasteiger charge is -2.30. The highest BCUT2D eigenvalue weighted by molar-refractivity contribution is 7.89. The lowest BCUT2D eigenvalue weighted by atomic mass is 9.97. The molecule has 1 aliphatic rings. The topological polar surface area (TPSA) is 66.5 Å². The van der Waals surface area contributed by atoms with Gasteiger partial charge in [-0.05, 0) is 61.4 Å². The van der Waals surface area contributed by atoms with Gasteiger partial charge in [-0.15, -0.1) is 0 Å². The molecule has 138 valence electrons. The molecule has 0 unspecified atom stereocenters. The standard InChI is InChI=1S/C18H18F2N2O3S/c19-14-1-5-16(6-2-14)21-18(23)13-9-11-22(12-10-13)26(24,25)17-7-3-15(20)4-8-17/h1-8,13H,9-12H2,(H,21,23). The van der Waals surface area contributed by atoms with Crippen molar-refractivity contribution in [1.29, 1.82) is 0 Å². The Hall–Kier alpha value is -2.32. The molecule has 0 aliphatic carbocycles. The third-order valence-corrected chi connectivity index (χ3v) is 6.30. The molecule has 1 fully saturated rings. The van der Waals surface area contributed by atoms with Crippen LogP contribution >= 0.6 is 0 Å². The quantitative estimate of drug-likeness (QED) is 0.887. The van der Waals surface area contributed by atoms with Crippen molar-refractivity contribution in [2.24, 2.45) is 5.92 Å². The molecule has 0 atom stereocenters. The Morgan fingerprint density at radius 3 is 1.96 bits per heavy atom. The SMILES string of the molecule is O=C(Nc1ccc(F)cc1)C1CCN(S(=O)(=O)c2ccc(F)cc2)CC1. The number of hydrogen-bond donors (Lipinski definition) is 1. The molecule has 26 heavy (non-hydrogen) atoms. The van der Waals surface area contributed by atoms with Crippen LogP contribution in [0.15, 0.2) is 53.4 Å². The number of benzene rings is 2. The van der Waals surface area contributed by atoms with E-state index in [1.54, 1.807) is 0 Å². The maximum Gasteiger partial charge on any atom is 0.243 e. The smallest absolute Gasteiger partial charge is 0.243 e. The molecular formula is C18H18F2N2O3S. The van der Waals surface area contributed by atoms with Crippen LogP contribution in [0.4, 0.5) is 14.5 Å². The molecule has 1 heterocycles. The minimum Gasteiger partial charge on any atom is -0.326 e. The van der Waals surface area contributed by atoms with E-state index < -0.39 is 15.8 Å². The maximum atomic E-state index is 13.0. The van der Waals surface area contributed by atoms with E-state index in [1.165, 1.54) is 40.7 Å². The van der Waals surface area contributed by atoms with E-state index in [-0.39, 0.29) is 35.6 Å². The van der Waals surface area contributed by atoms with Crippen LogP contribution in [0.3, 0.4) is 0 Å². The Balaban J connectivity index is 1.60. The third kappa shape index (κ3) is 4.08. The predicted octanol–water partition coefficient (Wildman–Crippen LogP) is 3.00. The molecule has 2 aromatic rings. The van der Waals surface area contributed by atoms with Crippen molar-refractivity contribution < 1.29 is 22.0 Å². The minimum atomic E-state index is -3.70. The minimum absolute atomic E-state index is 0.0353. The molecule has 2 aromatic carbocycles. The normalized spacial score (nSPS) is 16.4. The summed E-state index contributed by atoms with van der Waals surface area (Å²) >= 11 is 0. The van der Waals surface area contributed by atoms with Crippen LogP contribution in [0.25, 0.3) is 0 Å². The third-order valence-electron chi connectivity index (χ3n) is 4.39. The number of halogens is 2. The zero-order chi connectivity index (χ0) is 18.7. The summed E-state index contributed by atoms with van der Waals surface area (Å²) < 4.78 is 52.3. The molecule has 1 saturated heterocycles. The second-order valence-electron chi connectivity index (χ2n) is 6.13. The lowest BCUT2D eigenvalue weighted by Crippen LogP contribution is -2.41. The molecule has 0 saturated carbocycles. The van der Waals surface area contributed by atoms with E-state index in [1.807, 2.05) is 0 Å². The Morgan fingerprint density at radius 2 is 1.42 bits per heavy atom. The van der Waals surface area contributed by atoms with Crippen molar-refractivity contribution in [3.63, 3.8) is 0 Å². The average Bonchev–Trinajstić information content (AvgIpc) is 2.64. The zero-order valence-corrected chi connectivity index (χ0v) is 14.7. The number of hydrogen-bond acceptors (Lipinski definition) is 3. The van der Waals surface area contributed by atoms with Gasteiger partial charge in [-0.2, -0.15) is 4.31 Å². The lowest BCUT2D eigenvalue weighted by molar-refractivity contribution is -0.120. The van der Waals surface area contributed by atoms with Gasteiger partial charge >= 0.3 is 0 Å². The van der Waals surface area contributed by atoms with Crippen molar-refractivity contribution in [2.75, 3.05) is 18.4 Å². The van der Waals surface area contributed by atoms with Crippen LogP contribution in [0.1, 0.15) is 12.8 Å². The molecule has 3 rings (SSSR count). The molecule has 0 bridgehead atoms. The second kappa shape index (κ2) is 7.51. The van der Waals surface area contributed by atoms with Crippen molar-refractivity contribution in [3.05, 3.63) is 60.2 Å². The fraction of sp³-hybridized carbons (Fsp3) is 0.278. The van der Waals surface area contributed by atoms with Gasteiger partial charge in [0.2, 0.25) is 15.9 Å². The fourth-order valence-corrected chi connectivity index (χ4v) is 4.36. The number of rotatable bonds is 4. The highest BCUT2D eigenvalue weighted by Gasteiger charge is 2.32. The van der Waals surface area contributed by atoms with Gasteiger partial charge in [0.05, 0.1) is 4.90 Å². The van der Waals surface area contributed by atoms with Gasteiger partial charge in [0.1, 0.15) is 11.6 Å². The summed E-state index contributed by atoms with van der Waals surface area (Å²) in [6.45, 7) is 0.419. The number of nitrogens with one attached hydrogen (secondary N) is 1. The van der Waals surface area contributed by atoms with Crippen LogP contribution in [-0.2, 0) is 14.8 Å². The first-order valence-corrected chi connectivity index (χ1v) is 9.62. The highest BCUT2D eigenvalue weighted by Crippen LogP contribution is 2.25. The molecule has 1 aliphatic heterocycles. The van der Waals surface area contributed by atoms with Crippen molar-refractivity contribution in [3.8, 4) is 0 Å². The number of carbonyl (C=O) groups excluding carboxylic acids is 1. The van der Waals surface area contributed by atoms with Gasteiger partial charge in [-0.3, -0.25) is 4.79 Å². The summed E-state index contributed by atoms with van der Waals surface area (Å²) in [7, 11) is -3.70. The number of anilines is 1. The van der Waals surface area contributed by atoms with Crippen LogP contribution in [0, 0.1) is 17.6 Å². The van der Waals surface area contributed by atoms with E-state index in [9.17, 15) is 22.0 Å². The molecule has 0 aromatic heterocycles. The number of piperidine rings is 1. The Bertz CT molecular complexity index is 876. The summed E-state index contributed by atoms with van der Waals surface area (Å²) in [5.74, 6) is -1.42. The van der Waals surface area contributed by atoms with Gasteiger partial charge in [-0.1, -0.05) is 0 Å². The molecule has 1 amide bonds. The van der Waals surface area contributed by atoms with Gasteiger partial charge in [0.25, 0.3) is 0 Å². The largest absolute Gasteiger partial charge is 0.326 e. The summed E-state index contributed by atoms with van der Waals surface area (Å²) in [6, 6.07) is 10.1. The molecule has 8 heteroatoms. The maximum absolute atomic E-state index is 13.0. The first kappa shape index (κ1) is 18.5. The Morgan fingerprint density at radius 1 is 0.923 bits per heavy atom. The Kier molecular flexibility index (Phi) is 5.33. The van der Waals surface area contributed by atoms with Crippen molar-refractivity contribution >= 4 is 21.6 Å². The average molecular weight is 380 g/mol. The number of nitrogens with zero attached hydrogens (tertiary/aromatic N) is 1. The van der Waals surface area contributed by atoms with Crippen LogP contribution in [-0.4, -0.2) is 31.7 Å². The highest BCUT2D eigenvalue weighted by atomic mass is 32.2. The van der Waals surface area contributed by atoms with E-state index >= 15 is 0 Å². The number of carbonyl (C=O) groups is 1. The summed E-state index contributed by atoms with van der Waals surface area (Å²) in [5.41, 5.74) is 0.498. The monoisotopic (exact) mass is 380 g/mol. The number of sulfonamides is 1. The van der Waals surface area contributed by atoms with E-state index in [4.69, 9.17) is 0 Å². The molecule has 0 radical (unpaired) electrons. The van der Waals surface area contributed by atoms with E-state index in [2.05, 4.69) is 5.32 Å². The number of amides is 1. The molecule has 1 N–H and O–H groups in total. The summed E-state index contributed by atoms with van der Waals surface area (Å²) in [6.07, 6.45) is 0.765. The molecular weight excluding hydrogens is 362 g/mol. The van der Waals surface area contributed by atoms with Gasteiger partial charge in [-0.25, -0.2) is 17.2 Å². The molecule has 0 spiro atoms. The van der Waals surface area contributed by atoms with Crippen molar-refractivity contribution in [1.82, 2.24) is 4.31 Å². The van der Waals surface area contributed by atoms with E-state index in [0.717, 1.165) is 12.1 Å². The van der Waals surface area contributed by atoms with Crippen molar-refractivity contribution in [2.45, 2.75) is 17.7 Å². The second-order valence-corrected chi connectivity index (χ2v) is 8.07. The van der Waals surface area contributed by atoms with Crippen LogP contribution < -0.4 is 5.32 Å². The van der Waals surface area contributed by atoms with Gasteiger partial charge in [0, 0.05) is 24.7 Å². The van der Waals surface area contributed by atoms with E-state index in [0.29, 0.717) is 18.5 Å². The van der Waals surface area contributed by atoms with Crippen LogP contribution in [0.2, 0.25) is 0 Å². The fourth-order valence-electron chi connectivity index (χ4n) is 2.89. The summed E-state index contributed by atoms with van der Waals surface area (Å²) in [5, 5.41) is 2.72. The Labute approximate surface area is 150 Å². The zero-order valence-electron chi connectivity index (χ0n) is 13.9. The summed E-state index contributed by atoms with van der Waals surface area (Å²) in [4.78, 5) is 12.3. The first-order chi connectivity index (χ1) is 12.4. The predicted molar refractivity (Wildman–Crippen MR) is 92.9 cm³/mol.